The molecule has 1 aliphatic heterocycles. The molecule has 1 N–H and O–H groups in total. The summed E-state index contributed by atoms with van der Waals surface area (Å²) in [5.74, 6) is 0.793. The number of aromatic nitrogens is 4. The first-order chi connectivity index (χ1) is 10.8. The van der Waals surface area contributed by atoms with Gasteiger partial charge in [-0.3, -0.25) is 0 Å². The molecule has 1 aromatic carbocycles. The third-order valence-corrected chi connectivity index (χ3v) is 3.71. The number of halogens is 1. The molecule has 0 saturated carbocycles. The molecule has 0 atom stereocenters. The number of ether oxygens (including phenoxy) is 2. The maximum absolute atomic E-state index is 13.9. The molecule has 1 fully saturated rings. The van der Waals surface area contributed by atoms with Gasteiger partial charge < -0.3 is 14.8 Å². The van der Waals surface area contributed by atoms with E-state index in [9.17, 15) is 4.39 Å². The van der Waals surface area contributed by atoms with Crippen molar-refractivity contribution in [1.82, 2.24) is 20.2 Å². The normalized spacial score (nSPS) is 15.7. The molecule has 0 spiro atoms. The van der Waals surface area contributed by atoms with E-state index in [0.717, 1.165) is 12.8 Å². The Balaban J connectivity index is 1.68. The Hall–Kier alpha value is -2.22. The number of methoxy groups -OCH3 is 1. The minimum atomic E-state index is -0.371. The molecule has 0 bridgehead atoms. The molecule has 2 heterocycles. The molecule has 0 radical (unpaired) electrons. The Kier molecular flexibility index (Phi) is 4.47. The minimum absolute atomic E-state index is 0.237. The predicted molar refractivity (Wildman–Crippen MR) is 77.2 cm³/mol. The third kappa shape index (κ3) is 3.16. The average molecular weight is 307 g/mol. The molecule has 0 aliphatic carbocycles. The van der Waals surface area contributed by atoms with Gasteiger partial charge in [-0.1, -0.05) is 0 Å². The number of rotatable bonds is 5. The van der Waals surface area contributed by atoms with Gasteiger partial charge in [0.2, 0.25) is 0 Å². The fraction of sp³-hybridized carbons (Fsp3) is 0.500. The number of anilines is 1. The molecular formula is C14H18FN5O2. The van der Waals surface area contributed by atoms with Gasteiger partial charge in [-0.2, -0.15) is 0 Å². The van der Waals surface area contributed by atoms with Crippen molar-refractivity contribution in [2.24, 2.45) is 0 Å². The van der Waals surface area contributed by atoms with E-state index in [4.69, 9.17) is 9.47 Å². The molecular weight excluding hydrogens is 289 g/mol. The van der Waals surface area contributed by atoms with E-state index >= 15 is 0 Å². The number of benzene rings is 1. The molecule has 2 aromatic rings. The number of nitrogens with one attached hydrogen (secondary N) is 1. The van der Waals surface area contributed by atoms with Gasteiger partial charge in [0, 0.05) is 19.3 Å². The molecule has 0 unspecified atom stereocenters. The maximum Gasteiger partial charge on any atom is 0.170 e. The third-order valence-electron chi connectivity index (χ3n) is 3.71. The predicted octanol–water partition coefficient (Wildman–Crippen LogP) is 1.78. The Morgan fingerprint density at radius 1 is 1.41 bits per heavy atom. The monoisotopic (exact) mass is 307 g/mol. The SMILES string of the molecule is COc1ccc(NCc2nnnn2C2CCOCC2)c(F)c1. The van der Waals surface area contributed by atoms with Gasteiger partial charge >= 0.3 is 0 Å². The molecule has 7 nitrogen and oxygen atoms in total. The first kappa shape index (κ1) is 14.7. The van der Waals surface area contributed by atoms with Gasteiger partial charge in [-0.05, 0) is 35.4 Å². The second-order valence-corrected chi connectivity index (χ2v) is 5.08. The van der Waals surface area contributed by atoms with Crippen LogP contribution in [0.3, 0.4) is 0 Å². The van der Waals surface area contributed by atoms with Crippen LogP contribution >= 0.6 is 0 Å². The number of nitrogens with zero attached hydrogens (tertiary/aromatic N) is 4. The summed E-state index contributed by atoms with van der Waals surface area (Å²) in [6.07, 6.45) is 1.77. The van der Waals surface area contributed by atoms with Crippen LogP contribution < -0.4 is 10.1 Å². The van der Waals surface area contributed by atoms with E-state index in [1.54, 1.807) is 16.8 Å². The lowest BCUT2D eigenvalue weighted by atomic mass is 10.1. The van der Waals surface area contributed by atoms with Crippen LogP contribution in [0, 0.1) is 5.82 Å². The first-order valence-corrected chi connectivity index (χ1v) is 7.20. The topological polar surface area (TPSA) is 74.1 Å². The van der Waals surface area contributed by atoms with Crippen molar-refractivity contribution in [2.45, 2.75) is 25.4 Å². The molecule has 8 heteroatoms. The van der Waals surface area contributed by atoms with Crippen LogP contribution in [-0.4, -0.2) is 40.5 Å². The highest BCUT2D eigenvalue weighted by molar-refractivity contribution is 5.48. The smallest absolute Gasteiger partial charge is 0.170 e. The van der Waals surface area contributed by atoms with Crippen LogP contribution in [0.25, 0.3) is 0 Å². The zero-order valence-electron chi connectivity index (χ0n) is 12.3. The molecule has 1 aliphatic rings. The van der Waals surface area contributed by atoms with Crippen LogP contribution in [0.1, 0.15) is 24.7 Å². The lowest BCUT2D eigenvalue weighted by Crippen LogP contribution is -2.23. The lowest BCUT2D eigenvalue weighted by Gasteiger charge is -2.22. The minimum Gasteiger partial charge on any atom is -0.497 e. The summed E-state index contributed by atoms with van der Waals surface area (Å²) in [5.41, 5.74) is 0.391. The highest BCUT2D eigenvalue weighted by Gasteiger charge is 2.20. The van der Waals surface area contributed by atoms with E-state index in [-0.39, 0.29) is 11.9 Å². The highest BCUT2D eigenvalue weighted by atomic mass is 19.1. The molecule has 0 amide bonds. The van der Waals surface area contributed by atoms with Crippen molar-refractivity contribution in [1.29, 1.82) is 0 Å². The summed E-state index contributed by atoms with van der Waals surface area (Å²) in [6, 6.07) is 4.91. The Labute approximate surface area is 127 Å². The van der Waals surface area contributed by atoms with Crippen LogP contribution in [0.2, 0.25) is 0 Å². The summed E-state index contributed by atoms with van der Waals surface area (Å²) in [5, 5.41) is 14.8. The van der Waals surface area contributed by atoms with E-state index in [1.165, 1.54) is 13.2 Å². The Morgan fingerprint density at radius 3 is 2.95 bits per heavy atom. The van der Waals surface area contributed by atoms with Crippen molar-refractivity contribution in [2.75, 3.05) is 25.6 Å². The summed E-state index contributed by atoms with van der Waals surface area (Å²) >= 11 is 0. The number of tetrazole rings is 1. The van der Waals surface area contributed by atoms with Crippen molar-refractivity contribution < 1.29 is 13.9 Å². The molecule has 22 heavy (non-hydrogen) atoms. The summed E-state index contributed by atoms with van der Waals surface area (Å²) < 4.78 is 26.0. The zero-order chi connectivity index (χ0) is 15.4. The van der Waals surface area contributed by atoms with Gasteiger partial charge in [0.1, 0.15) is 11.6 Å². The summed E-state index contributed by atoms with van der Waals surface area (Å²) in [6.45, 7) is 1.78. The quantitative estimate of drug-likeness (QED) is 0.907. The number of hydrogen-bond donors (Lipinski definition) is 1. The van der Waals surface area contributed by atoms with Gasteiger partial charge in [-0.15, -0.1) is 5.10 Å². The van der Waals surface area contributed by atoms with Crippen molar-refractivity contribution in [3.8, 4) is 5.75 Å². The van der Waals surface area contributed by atoms with E-state index in [1.807, 2.05) is 0 Å². The maximum atomic E-state index is 13.9. The standard InChI is InChI=1S/C14H18FN5O2/c1-21-11-2-3-13(12(15)8-11)16-9-14-17-18-19-20(14)10-4-6-22-7-5-10/h2-3,8,10,16H,4-7,9H2,1H3. The van der Waals surface area contributed by atoms with E-state index in [2.05, 4.69) is 20.8 Å². The molecule has 1 aromatic heterocycles. The average Bonchev–Trinajstić information content (AvgIpc) is 3.03. The van der Waals surface area contributed by atoms with Gasteiger partial charge in [0.15, 0.2) is 5.82 Å². The lowest BCUT2D eigenvalue weighted by molar-refractivity contribution is 0.0649. The van der Waals surface area contributed by atoms with Crippen LogP contribution in [0.5, 0.6) is 5.75 Å². The van der Waals surface area contributed by atoms with Gasteiger partial charge in [-0.25, -0.2) is 9.07 Å². The fourth-order valence-electron chi connectivity index (χ4n) is 2.48. The van der Waals surface area contributed by atoms with Gasteiger partial charge in [0.05, 0.1) is 25.4 Å². The fourth-order valence-corrected chi connectivity index (χ4v) is 2.48. The van der Waals surface area contributed by atoms with E-state index < -0.39 is 0 Å². The van der Waals surface area contributed by atoms with Crippen LogP contribution in [-0.2, 0) is 11.3 Å². The zero-order valence-corrected chi connectivity index (χ0v) is 12.3. The van der Waals surface area contributed by atoms with Crippen LogP contribution in [0.4, 0.5) is 10.1 Å². The highest BCUT2D eigenvalue weighted by Crippen LogP contribution is 2.23. The summed E-state index contributed by atoms with van der Waals surface area (Å²) in [4.78, 5) is 0. The summed E-state index contributed by atoms with van der Waals surface area (Å²) in [7, 11) is 1.50. The number of hydrogen-bond acceptors (Lipinski definition) is 6. The second kappa shape index (κ2) is 6.69. The van der Waals surface area contributed by atoms with E-state index in [0.29, 0.717) is 37.0 Å². The second-order valence-electron chi connectivity index (χ2n) is 5.08. The first-order valence-electron chi connectivity index (χ1n) is 7.20. The van der Waals surface area contributed by atoms with Crippen LogP contribution in [0.15, 0.2) is 18.2 Å². The van der Waals surface area contributed by atoms with Crippen molar-refractivity contribution >= 4 is 5.69 Å². The Bertz CT molecular complexity index is 627. The molecule has 3 rings (SSSR count). The van der Waals surface area contributed by atoms with Gasteiger partial charge in [0.25, 0.3) is 0 Å². The largest absolute Gasteiger partial charge is 0.497 e. The van der Waals surface area contributed by atoms with Crippen molar-refractivity contribution in [3.63, 3.8) is 0 Å². The molecule has 118 valence electrons. The Morgan fingerprint density at radius 2 is 2.23 bits per heavy atom. The molecule has 1 saturated heterocycles. The van der Waals surface area contributed by atoms with Crippen molar-refractivity contribution in [3.05, 3.63) is 29.8 Å².